The minimum absolute atomic E-state index is 0.370. The minimum Gasteiger partial charge on any atom is -0.444 e. The number of ether oxygens (including phenoxy) is 1. The van der Waals surface area contributed by atoms with Gasteiger partial charge in [0.15, 0.2) is 0 Å². The summed E-state index contributed by atoms with van der Waals surface area (Å²) in [6, 6.07) is 19.2. The van der Waals surface area contributed by atoms with Crippen molar-refractivity contribution in [3.05, 3.63) is 71.8 Å². The second-order valence-corrected chi connectivity index (χ2v) is 6.39. The van der Waals surface area contributed by atoms with E-state index in [0.717, 1.165) is 11.1 Å². The molecule has 1 unspecified atom stereocenters. The molecule has 0 fully saturated rings. The molecule has 2 aromatic rings. The Morgan fingerprint density at radius 1 is 0.957 bits per heavy atom. The molecular weight excluding hydrogens is 290 g/mol. The Morgan fingerprint density at radius 2 is 1.39 bits per heavy atom. The number of aliphatic hydroxyl groups is 1. The summed E-state index contributed by atoms with van der Waals surface area (Å²) in [5.41, 5.74) is 1.23. The van der Waals surface area contributed by atoms with Gasteiger partial charge in [0.2, 0.25) is 0 Å². The van der Waals surface area contributed by atoms with Crippen LogP contribution < -0.4 is 5.32 Å². The molecule has 4 heteroatoms. The maximum Gasteiger partial charge on any atom is 0.409 e. The molecule has 0 aromatic heterocycles. The van der Waals surface area contributed by atoms with Crippen molar-refractivity contribution < 1.29 is 14.6 Å². The summed E-state index contributed by atoms with van der Waals surface area (Å²) in [6.07, 6.45) is -1.73. The summed E-state index contributed by atoms with van der Waals surface area (Å²) >= 11 is 0. The smallest absolute Gasteiger partial charge is 0.409 e. The lowest BCUT2D eigenvalue weighted by Gasteiger charge is -2.26. The fourth-order valence-corrected chi connectivity index (χ4v) is 2.39. The van der Waals surface area contributed by atoms with Crippen LogP contribution in [0.4, 0.5) is 4.79 Å². The molecule has 4 nitrogen and oxygen atoms in total. The number of hydrogen-bond acceptors (Lipinski definition) is 3. The predicted molar refractivity (Wildman–Crippen MR) is 90.1 cm³/mol. The standard InChI is InChI=1S/C19H23NO3/c1-19(2,3)23-18(22)20-17(21)16(14-10-6-4-7-11-14)15-12-8-5-9-13-15/h4-13,16-17,21H,1-3H3,(H,20,22). The molecule has 0 aliphatic rings. The van der Waals surface area contributed by atoms with E-state index in [1.165, 1.54) is 0 Å². The number of carbonyl (C=O) groups excluding carboxylic acids is 1. The van der Waals surface area contributed by atoms with Gasteiger partial charge in [0, 0.05) is 0 Å². The van der Waals surface area contributed by atoms with E-state index in [0.29, 0.717) is 0 Å². The van der Waals surface area contributed by atoms with Crippen LogP contribution in [0.15, 0.2) is 60.7 Å². The average molecular weight is 313 g/mol. The van der Waals surface area contributed by atoms with Gasteiger partial charge in [-0.05, 0) is 31.9 Å². The largest absolute Gasteiger partial charge is 0.444 e. The first kappa shape index (κ1) is 17.0. The van der Waals surface area contributed by atoms with Crippen molar-refractivity contribution in [2.45, 2.75) is 38.5 Å². The number of alkyl carbamates (subject to hydrolysis) is 1. The van der Waals surface area contributed by atoms with Crippen LogP contribution in [-0.4, -0.2) is 23.0 Å². The lowest BCUT2D eigenvalue weighted by atomic mass is 9.90. The molecule has 122 valence electrons. The van der Waals surface area contributed by atoms with Crippen molar-refractivity contribution in [1.29, 1.82) is 0 Å². The van der Waals surface area contributed by atoms with Gasteiger partial charge in [0.05, 0.1) is 5.92 Å². The molecule has 2 aromatic carbocycles. The van der Waals surface area contributed by atoms with Gasteiger partial charge in [-0.15, -0.1) is 0 Å². The van der Waals surface area contributed by atoms with Gasteiger partial charge < -0.3 is 9.84 Å². The van der Waals surface area contributed by atoms with E-state index in [4.69, 9.17) is 4.74 Å². The minimum atomic E-state index is -1.09. The summed E-state index contributed by atoms with van der Waals surface area (Å²) < 4.78 is 5.22. The monoisotopic (exact) mass is 313 g/mol. The summed E-state index contributed by atoms with van der Waals surface area (Å²) in [5, 5.41) is 13.1. The number of carbonyl (C=O) groups is 1. The van der Waals surface area contributed by atoms with Gasteiger partial charge in [0.1, 0.15) is 11.8 Å². The lowest BCUT2D eigenvalue weighted by molar-refractivity contribution is 0.0331. The zero-order chi connectivity index (χ0) is 16.9. The molecule has 0 aliphatic heterocycles. The lowest BCUT2D eigenvalue weighted by Crippen LogP contribution is -2.42. The Balaban J connectivity index is 2.22. The van der Waals surface area contributed by atoms with E-state index >= 15 is 0 Å². The van der Waals surface area contributed by atoms with Crippen LogP contribution in [0.3, 0.4) is 0 Å². The number of aliphatic hydroxyl groups excluding tert-OH is 1. The van der Waals surface area contributed by atoms with Crippen molar-refractivity contribution >= 4 is 6.09 Å². The van der Waals surface area contributed by atoms with Gasteiger partial charge in [-0.2, -0.15) is 0 Å². The van der Waals surface area contributed by atoms with Crippen LogP contribution in [0.1, 0.15) is 37.8 Å². The molecule has 1 amide bonds. The molecule has 2 rings (SSSR count). The van der Waals surface area contributed by atoms with Crippen molar-refractivity contribution in [2.75, 3.05) is 0 Å². The van der Waals surface area contributed by atoms with Gasteiger partial charge in [-0.25, -0.2) is 4.79 Å². The van der Waals surface area contributed by atoms with E-state index in [1.54, 1.807) is 20.8 Å². The molecule has 0 aliphatic carbocycles. The van der Waals surface area contributed by atoms with Crippen molar-refractivity contribution in [3.63, 3.8) is 0 Å². The zero-order valence-electron chi connectivity index (χ0n) is 13.7. The van der Waals surface area contributed by atoms with Crippen LogP contribution >= 0.6 is 0 Å². The van der Waals surface area contributed by atoms with E-state index in [2.05, 4.69) is 5.32 Å². The molecule has 1 atom stereocenters. The van der Waals surface area contributed by atoms with Crippen LogP contribution in [0.25, 0.3) is 0 Å². The van der Waals surface area contributed by atoms with E-state index < -0.39 is 17.9 Å². The third-order valence-electron chi connectivity index (χ3n) is 3.30. The first-order valence-electron chi connectivity index (χ1n) is 7.64. The molecular formula is C19H23NO3. The molecule has 0 bridgehead atoms. The van der Waals surface area contributed by atoms with Gasteiger partial charge in [-0.1, -0.05) is 60.7 Å². The Kier molecular flexibility index (Phi) is 5.40. The zero-order valence-corrected chi connectivity index (χ0v) is 13.7. The SMILES string of the molecule is CC(C)(C)OC(=O)NC(O)C(c1ccccc1)c1ccccc1. The summed E-state index contributed by atoms with van der Waals surface area (Å²) in [4.78, 5) is 11.9. The van der Waals surface area contributed by atoms with Gasteiger partial charge in [-0.3, -0.25) is 5.32 Å². The topological polar surface area (TPSA) is 58.6 Å². The van der Waals surface area contributed by atoms with Crippen LogP contribution in [0, 0.1) is 0 Å². The third kappa shape index (κ3) is 5.11. The first-order valence-corrected chi connectivity index (χ1v) is 7.64. The number of nitrogens with one attached hydrogen (secondary N) is 1. The van der Waals surface area contributed by atoms with Crippen molar-refractivity contribution in [1.82, 2.24) is 5.32 Å². The van der Waals surface area contributed by atoms with Crippen LogP contribution in [0.5, 0.6) is 0 Å². The highest BCUT2D eigenvalue weighted by Crippen LogP contribution is 2.27. The summed E-state index contributed by atoms with van der Waals surface area (Å²) in [5.74, 6) is -0.370. The molecule has 0 radical (unpaired) electrons. The van der Waals surface area contributed by atoms with Crippen LogP contribution in [-0.2, 0) is 4.74 Å². The molecule has 0 spiro atoms. The number of rotatable bonds is 4. The maximum atomic E-state index is 11.9. The van der Waals surface area contributed by atoms with Crippen LogP contribution in [0.2, 0.25) is 0 Å². The highest BCUT2D eigenvalue weighted by atomic mass is 16.6. The third-order valence-corrected chi connectivity index (χ3v) is 3.30. The van der Waals surface area contributed by atoms with Crippen molar-refractivity contribution in [3.8, 4) is 0 Å². The molecule has 2 N–H and O–H groups in total. The Morgan fingerprint density at radius 3 is 1.78 bits per heavy atom. The highest BCUT2D eigenvalue weighted by Gasteiger charge is 2.26. The second-order valence-electron chi connectivity index (χ2n) is 6.39. The quantitative estimate of drug-likeness (QED) is 0.847. The fourth-order valence-electron chi connectivity index (χ4n) is 2.39. The van der Waals surface area contributed by atoms with Crippen molar-refractivity contribution in [2.24, 2.45) is 0 Å². The molecule has 23 heavy (non-hydrogen) atoms. The Bertz CT molecular complexity index is 581. The number of amides is 1. The molecule has 0 heterocycles. The fraction of sp³-hybridized carbons (Fsp3) is 0.316. The van der Waals surface area contributed by atoms with E-state index in [-0.39, 0.29) is 5.92 Å². The highest BCUT2D eigenvalue weighted by molar-refractivity contribution is 5.68. The predicted octanol–water partition coefficient (Wildman–Crippen LogP) is 3.66. The normalized spacial score (nSPS) is 12.7. The maximum absolute atomic E-state index is 11.9. The van der Waals surface area contributed by atoms with E-state index in [1.807, 2.05) is 60.7 Å². The second kappa shape index (κ2) is 7.29. The first-order chi connectivity index (χ1) is 10.9. The Hall–Kier alpha value is -2.33. The Labute approximate surface area is 137 Å². The number of benzene rings is 2. The molecule has 0 saturated heterocycles. The average Bonchev–Trinajstić information content (AvgIpc) is 2.47. The van der Waals surface area contributed by atoms with Gasteiger partial charge >= 0.3 is 6.09 Å². The van der Waals surface area contributed by atoms with E-state index in [9.17, 15) is 9.90 Å². The number of hydrogen-bond donors (Lipinski definition) is 2. The molecule has 0 saturated carbocycles. The summed E-state index contributed by atoms with van der Waals surface area (Å²) in [7, 11) is 0. The van der Waals surface area contributed by atoms with Gasteiger partial charge in [0.25, 0.3) is 0 Å². The summed E-state index contributed by atoms with van der Waals surface area (Å²) in [6.45, 7) is 5.35.